The van der Waals surface area contributed by atoms with Gasteiger partial charge in [-0.3, -0.25) is 0 Å². The van der Waals surface area contributed by atoms with Crippen LogP contribution in [0.4, 0.5) is 0 Å². The lowest BCUT2D eigenvalue weighted by molar-refractivity contribution is 0.487. The Hall–Kier alpha value is -5.40. The number of benzene rings is 8. The Kier molecular flexibility index (Phi) is 3.76. The van der Waals surface area contributed by atoms with E-state index in [2.05, 4.69) is 66.7 Å². The lowest BCUT2D eigenvalue weighted by atomic mass is 9.88. The van der Waals surface area contributed by atoms with Crippen molar-refractivity contribution in [2.75, 3.05) is 0 Å². The van der Waals surface area contributed by atoms with Crippen LogP contribution in [0.2, 0.25) is 0 Å². The molecule has 8 aromatic rings. The van der Waals surface area contributed by atoms with Crippen molar-refractivity contribution in [2.45, 2.75) is 0 Å². The average Bonchev–Trinajstić information content (AvgIpc) is 3.09. The van der Waals surface area contributed by atoms with Crippen LogP contribution in [0, 0.1) is 0 Å². The Morgan fingerprint density at radius 3 is 2.15 bits per heavy atom. The monoisotopic (exact) mass is 525 g/mol. The second kappa shape index (κ2) is 8.55. The molecule has 0 aromatic heterocycles. The molecule has 0 atom stereocenters. The van der Waals surface area contributed by atoms with Crippen molar-refractivity contribution in [2.24, 2.45) is 0 Å². The van der Waals surface area contributed by atoms with Crippen LogP contribution in [0.1, 0.15) is 6.85 Å². The first-order valence-electron chi connectivity index (χ1n) is 16.2. The highest BCUT2D eigenvalue weighted by Crippen LogP contribution is 2.48. The van der Waals surface area contributed by atoms with Crippen LogP contribution in [0.5, 0.6) is 11.5 Å². The maximum atomic E-state index is 8.94. The van der Waals surface area contributed by atoms with Crippen molar-refractivity contribution < 1.29 is 11.6 Å². The molecule has 0 bridgehead atoms. The Labute approximate surface area is 244 Å². The quantitative estimate of drug-likeness (QED) is 0.161. The Balaban J connectivity index is 1.34. The molecular weight excluding hydrogens is 496 g/mol. The van der Waals surface area contributed by atoms with Crippen LogP contribution in [-0.4, -0.2) is 0 Å². The molecule has 0 fully saturated rings. The SMILES string of the molecule is [2H]c1c([2H])c([2H])c(-c2c3cc(-c4ccc5c(c4)-c4cccc6cccc(c46)O5)ccc3cc3c2ccc2ccccc23)c([2H])c1[2H]. The third-order valence-corrected chi connectivity index (χ3v) is 8.30. The molecular formula is C40H24O. The molecule has 1 aliphatic heterocycles. The number of hydrogen-bond acceptors (Lipinski definition) is 1. The van der Waals surface area contributed by atoms with E-state index in [0.29, 0.717) is 5.56 Å². The lowest BCUT2D eigenvalue weighted by Crippen LogP contribution is -1.97. The van der Waals surface area contributed by atoms with Crippen LogP contribution < -0.4 is 4.74 Å². The van der Waals surface area contributed by atoms with Crippen LogP contribution in [0.3, 0.4) is 0 Å². The highest BCUT2D eigenvalue weighted by atomic mass is 16.5. The maximum absolute atomic E-state index is 8.94. The number of ether oxygens (including phenoxy) is 1. The second-order valence-corrected chi connectivity index (χ2v) is 10.5. The van der Waals surface area contributed by atoms with E-state index in [-0.39, 0.29) is 29.7 Å². The first kappa shape index (κ1) is 18.0. The van der Waals surface area contributed by atoms with Crippen LogP contribution in [-0.2, 0) is 0 Å². The van der Waals surface area contributed by atoms with Gasteiger partial charge in [-0.1, -0.05) is 115 Å². The van der Waals surface area contributed by atoms with Gasteiger partial charge in [-0.25, -0.2) is 0 Å². The minimum Gasteiger partial charge on any atom is -0.456 e. The summed E-state index contributed by atoms with van der Waals surface area (Å²) in [4.78, 5) is 0. The van der Waals surface area contributed by atoms with E-state index in [9.17, 15) is 0 Å². The molecule has 1 nitrogen and oxygen atoms in total. The minimum atomic E-state index is -0.401. The van der Waals surface area contributed by atoms with Gasteiger partial charge in [-0.05, 0) is 95.9 Å². The van der Waals surface area contributed by atoms with Gasteiger partial charge in [-0.2, -0.15) is 0 Å². The predicted molar refractivity (Wildman–Crippen MR) is 173 cm³/mol. The van der Waals surface area contributed by atoms with Gasteiger partial charge in [0.1, 0.15) is 11.5 Å². The molecule has 9 rings (SSSR count). The van der Waals surface area contributed by atoms with E-state index in [0.717, 1.165) is 76.8 Å². The minimum absolute atomic E-state index is 0.205. The summed E-state index contributed by atoms with van der Waals surface area (Å²) in [6.45, 7) is 0. The van der Waals surface area contributed by atoms with Crippen molar-refractivity contribution in [1.29, 1.82) is 0 Å². The van der Waals surface area contributed by atoms with Gasteiger partial charge in [0.05, 0.1) is 6.85 Å². The summed E-state index contributed by atoms with van der Waals surface area (Å²) in [7, 11) is 0. The third kappa shape index (κ3) is 3.36. The molecule has 0 spiro atoms. The number of hydrogen-bond donors (Lipinski definition) is 0. The van der Waals surface area contributed by atoms with E-state index in [1.54, 1.807) is 0 Å². The zero-order chi connectivity index (χ0) is 31.3. The molecule has 1 aliphatic rings. The van der Waals surface area contributed by atoms with Crippen molar-refractivity contribution in [1.82, 2.24) is 0 Å². The summed E-state index contributed by atoms with van der Waals surface area (Å²) in [5, 5.41) is 7.89. The van der Waals surface area contributed by atoms with Crippen LogP contribution in [0.25, 0.3) is 76.5 Å². The highest BCUT2D eigenvalue weighted by Gasteiger charge is 2.20. The molecule has 1 heteroatoms. The molecule has 0 amide bonds. The first-order chi connectivity index (χ1) is 22.4. The molecule has 1 heterocycles. The Morgan fingerprint density at radius 2 is 1.22 bits per heavy atom. The van der Waals surface area contributed by atoms with Gasteiger partial charge < -0.3 is 4.74 Å². The fourth-order valence-electron chi connectivity index (χ4n) is 6.44. The van der Waals surface area contributed by atoms with E-state index in [1.165, 1.54) is 0 Å². The van der Waals surface area contributed by atoms with E-state index < -0.39 is 6.04 Å². The summed E-state index contributed by atoms with van der Waals surface area (Å²) in [6.07, 6.45) is 0. The summed E-state index contributed by atoms with van der Waals surface area (Å²) in [6, 6.07) is 37.6. The first-order valence-corrected chi connectivity index (χ1v) is 13.7. The van der Waals surface area contributed by atoms with Gasteiger partial charge in [0.25, 0.3) is 0 Å². The fraction of sp³-hybridized carbons (Fsp3) is 0. The van der Waals surface area contributed by atoms with Crippen molar-refractivity contribution in [3.05, 3.63) is 145 Å². The summed E-state index contributed by atoms with van der Waals surface area (Å²) in [5.41, 5.74) is 4.92. The topological polar surface area (TPSA) is 9.23 Å². The zero-order valence-electron chi connectivity index (χ0n) is 26.9. The predicted octanol–water partition coefficient (Wildman–Crippen LogP) is 11.4. The lowest BCUT2D eigenvalue weighted by Gasteiger charge is -2.22. The smallest absolute Gasteiger partial charge is 0.135 e. The van der Waals surface area contributed by atoms with Crippen molar-refractivity contribution in [3.8, 4) is 44.9 Å². The van der Waals surface area contributed by atoms with Gasteiger partial charge in [0.15, 0.2) is 0 Å². The van der Waals surface area contributed by atoms with Gasteiger partial charge in [-0.15, -0.1) is 0 Å². The Bertz CT molecular complexity index is 2590. The van der Waals surface area contributed by atoms with E-state index in [1.807, 2.05) is 48.5 Å². The fourth-order valence-corrected chi connectivity index (χ4v) is 6.44. The van der Waals surface area contributed by atoms with Crippen molar-refractivity contribution in [3.63, 3.8) is 0 Å². The van der Waals surface area contributed by atoms with Crippen LogP contribution >= 0.6 is 0 Å². The summed E-state index contributed by atoms with van der Waals surface area (Å²) >= 11 is 0. The number of rotatable bonds is 2. The molecule has 0 saturated heterocycles. The molecule has 0 aliphatic carbocycles. The largest absolute Gasteiger partial charge is 0.456 e. The van der Waals surface area contributed by atoms with E-state index >= 15 is 0 Å². The number of fused-ring (bicyclic) bond motifs is 6. The molecule has 41 heavy (non-hydrogen) atoms. The molecule has 190 valence electrons. The summed E-state index contributed by atoms with van der Waals surface area (Å²) < 4.78 is 49.4. The van der Waals surface area contributed by atoms with Gasteiger partial charge >= 0.3 is 0 Å². The highest BCUT2D eigenvalue weighted by molar-refractivity contribution is 6.20. The van der Waals surface area contributed by atoms with Crippen LogP contribution in [0.15, 0.2) is 145 Å². The maximum Gasteiger partial charge on any atom is 0.135 e. The summed E-state index contributed by atoms with van der Waals surface area (Å²) in [5.74, 6) is 1.65. The Morgan fingerprint density at radius 1 is 0.439 bits per heavy atom. The molecule has 8 aromatic carbocycles. The third-order valence-electron chi connectivity index (χ3n) is 8.30. The molecule has 0 radical (unpaired) electrons. The normalized spacial score (nSPS) is 13.8. The van der Waals surface area contributed by atoms with Gasteiger partial charge in [0.2, 0.25) is 0 Å². The zero-order valence-corrected chi connectivity index (χ0v) is 21.9. The van der Waals surface area contributed by atoms with E-state index in [4.69, 9.17) is 11.6 Å². The average molecular weight is 526 g/mol. The molecule has 0 unspecified atom stereocenters. The standard InChI is InChI=1S/C40H24O/c1-2-9-26(10-3-1)39-33-20-18-25-8-4-5-13-31(25)35(33)24-30-17-16-28(22-34(30)39)29-19-21-37-36(23-29)32-14-6-11-27-12-7-15-38(41-37)40(27)32/h1-24H/i1D,2D,3D,9D,10D. The van der Waals surface area contributed by atoms with Crippen molar-refractivity contribution >= 4 is 43.1 Å². The molecule has 0 saturated carbocycles. The van der Waals surface area contributed by atoms with Gasteiger partial charge in [0, 0.05) is 10.9 Å². The second-order valence-electron chi connectivity index (χ2n) is 10.5. The molecule has 0 N–H and O–H groups in total.